The molecule has 3 aromatic carbocycles. The number of sulfone groups is 1. The summed E-state index contributed by atoms with van der Waals surface area (Å²) in [6.45, 7) is 1.03. The Morgan fingerprint density at radius 2 is 1.48 bits per heavy atom. The molecule has 4 rings (SSSR count). The molecule has 126 valence electrons. The average molecular weight is 350 g/mol. The van der Waals surface area contributed by atoms with Gasteiger partial charge in [0.2, 0.25) is 9.84 Å². The van der Waals surface area contributed by atoms with Crippen molar-refractivity contribution in [3.8, 4) is 0 Å². The van der Waals surface area contributed by atoms with Crippen LogP contribution in [0.15, 0.2) is 82.7 Å². The summed E-state index contributed by atoms with van der Waals surface area (Å²) < 4.78 is 28.8. The molecule has 1 aromatic heterocycles. The molecule has 0 bridgehead atoms. The molecule has 0 spiro atoms. The Morgan fingerprint density at radius 1 is 0.800 bits per heavy atom. The number of nitrogens with zero attached hydrogens (tertiary/aromatic N) is 1. The van der Waals surface area contributed by atoms with Gasteiger partial charge in [-0.15, -0.1) is 0 Å². The number of aromatic nitrogens is 1. The number of benzene rings is 3. The van der Waals surface area contributed by atoms with E-state index in [4.69, 9.17) is 5.73 Å². The van der Waals surface area contributed by atoms with Gasteiger partial charge in [-0.2, -0.15) is 0 Å². The van der Waals surface area contributed by atoms with Crippen LogP contribution >= 0.6 is 0 Å². The van der Waals surface area contributed by atoms with E-state index in [-0.39, 0.29) is 0 Å². The molecule has 0 unspecified atom stereocenters. The van der Waals surface area contributed by atoms with Gasteiger partial charge in [0.25, 0.3) is 0 Å². The molecule has 2 N–H and O–H groups in total. The Hall–Kier alpha value is -2.63. The van der Waals surface area contributed by atoms with Gasteiger partial charge >= 0.3 is 0 Å². The van der Waals surface area contributed by atoms with Gasteiger partial charge in [0.1, 0.15) is 0 Å². The van der Waals surface area contributed by atoms with Gasteiger partial charge in [0.05, 0.1) is 9.79 Å². The third-order valence-corrected chi connectivity index (χ3v) is 6.29. The summed E-state index contributed by atoms with van der Waals surface area (Å²) in [4.78, 5) is 0.661. The zero-order valence-corrected chi connectivity index (χ0v) is 14.4. The zero-order valence-electron chi connectivity index (χ0n) is 13.6. The van der Waals surface area contributed by atoms with Gasteiger partial charge < -0.3 is 10.3 Å². The summed E-state index contributed by atoms with van der Waals surface area (Å²) in [6.07, 6.45) is 1.70. The van der Waals surface area contributed by atoms with Crippen molar-refractivity contribution in [2.24, 2.45) is 5.73 Å². The van der Waals surface area contributed by atoms with E-state index in [1.165, 1.54) is 0 Å². The molecule has 0 fully saturated rings. The molecule has 0 atom stereocenters. The van der Waals surface area contributed by atoms with Gasteiger partial charge in [-0.1, -0.05) is 54.6 Å². The lowest BCUT2D eigenvalue weighted by Gasteiger charge is -2.07. The summed E-state index contributed by atoms with van der Waals surface area (Å²) in [5, 5.41) is 2.37. The van der Waals surface area contributed by atoms with Crippen molar-refractivity contribution >= 4 is 31.5 Å². The van der Waals surface area contributed by atoms with Crippen molar-refractivity contribution in [3.05, 3.63) is 72.9 Å². The smallest absolute Gasteiger partial charge is 0.209 e. The number of fused-ring (bicyclic) bond motifs is 2. The first-order valence-electron chi connectivity index (χ1n) is 8.14. The highest BCUT2D eigenvalue weighted by atomic mass is 32.2. The summed E-state index contributed by atoms with van der Waals surface area (Å²) in [5.41, 5.74) is 6.57. The quantitative estimate of drug-likeness (QED) is 0.612. The molecule has 0 amide bonds. The van der Waals surface area contributed by atoms with Crippen molar-refractivity contribution < 1.29 is 8.42 Å². The van der Waals surface area contributed by atoms with Crippen LogP contribution in [0.2, 0.25) is 0 Å². The first-order valence-corrected chi connectivity index (χ1v) is 9.62. The van der Waals surface area contributed by atoms with Crippen molar-refractivity contribution in [1.82, 2.24) is 4.57 Å². The lowest BCUT2D eigenvalue weighted by atomic mass is 10.1. The first-order chi connectivity index (χ1) is 12.1. The lowest BCUT2D eigenvalue weighted by molar-refractivity contribution is 0.597. The van der Waals surface area contributed by atoms with E-state index in [2.05, 4.69) is 0 Å². The molecular weight excluding hydrogens is 332 g/mol. The SMILES string of the molecule is NCCn1cc(S(=O)(=O)c2cccc3ccccc23)c2ccccc21. The Morgan fingerprint density at radius 3 is 2.28 bits per heavy atom. The minimum atomic E-state index is -3.65. The Labute approximate surface area is 146 Å². The van der Waals surface area contributed by atoms with E-state index in [0.29, 0.717) is 22.9 Å². The van der Waals surface area contributed by atoms with Gasteiger partial charge in [0, 0.05) is 35.6 Å². The van der Waals surface area contributed by atoms with Crippen molar-refractivity contribution in [1.29, 1.82) is 0 Å². The Kier molecular flexibility index (Phi) is 3.82. The van der Waals surface area contributed by atoms with E-state index in [9.17, 15) is 8.42 Å². The fourth-order valence-electron chi connectivity index (χ4n) is 3.30. The van der Waals surface area contributed by atoms with E-state index in [1.54, 1.807) is 18.3 Å². The third kappa shape index (κ3) is 2.52. The molecule has 0 saturated heterocycles. The minimum Gasteiger partial charge on any atom is -0.345 e. The maximum absolute atomic E-state index is 13.4. The van der Waals surface area contributed by atoms with E-state index >= 15 is 0 Å². The molecule has 1 heterocycles. The molecule has 4 aromatic rings. The number of hydrogen-bond donors (Lipinski definition) is 1. The van der Waals surface area contributed by atoms with E-state index in [0.717, 1.165) is 21.7 Å². The largest absolute Gasteiger partial charge is 0.345 e. The monoisotopic (exact) mass is 350 g/mol. The number of hydrogen-bond acceptors (Lipinski definition) is 3. The van der Waals surface area contributed by atoms with E-state index in [1.807, 2.05) is 59.2 Å². The normalized spacial score (nSPS) is 12.0. The van der Waals surface area contributed by atoms with Crippen LogP contribution in [0.3, 0.4) is 0 Å². The summed E-state index contributed by atoms with van der Waals surface area (Å²) >= 11 is 0. The maximum atomic E-state index is 13.4. The zero-order chi connectivity index (χ0) is 17.4. The van der Waals surface area contributed by atoms with Gasteiger partial charge in [-0.25, -0.2) is 8.42 Å². The highest BCUT2D eigenvalue weighted by Gasteiger charge is 2.24. The van der Waals surface area contributed by atoms with Crippen LogP contribution in [0.5, 0.6) is 0 Å². The van der Waals surface area contributed by atoms with Crippen LogP contribution in [0.1, 0.15) is 0 Å². The standard InChI is InChI=1S/C20H18N2O2S/c21-12-13-22-14-20(17-9-3-4-10-18(17)22)25(23,24)19-11-5-7-15-6-1-2-8-16(15)19/h1-11,14H,12-13,21H2. The van der Waals surface area contributed by atoms with Crippen LogP contribution in [0.25, 0.3) is 21.7 Å². The summed E-state index contributed by atoms with van der Waals surface area (Å²) in [5.74, 6) is 0. The fourth-order valence-corrected chi connectivity index (χ4v) is 5.00. The molecule has 0 aliphatic rings. The molecular formula is C20H18N2O2S. The average Bonchev–Trinajstić information content (AvgIpc) is 3.01. The molecule has 0 aliphatic carbocycles. The minimum absolute atomic E-state index is 0.327. The topological polar surface area (TPSA) is 65.1 Å². The van der Waals surface area contributed by atoms with Crippen LogP contribution in [0, 0.1) is 0 Å². The van der Waals surface area contributed by atoms with Gasteiger partial charge in [-0.3, -0.25) is 0 Å². The highest BCUT2D eigenvalue weighted by molar-refractivity contribution is 7.92. The summed E-state index contributed by atoms with van der Waals surface area (Å²) in [6, 6.07) is 20.5. The molecule has 0 radical (unpaired) electrons. The number of para-hydroxylation sites is 1. The number of rotatable bonds is 4. The molecule has 0 aliphatic heterocycles. The Balaban J connectivity index is 2.02. The second kappa shape index (κ2) is 6.02. The van der Waals surface area contributed by atoms with Crippen LogP contribution in [-0.4, -0.2) is 19.5 Å². The second-order valence-corrected chi connectivity index (χ2v) is 7.86. The van der Waals surface area contributed by atoms with Crippen LogP contribution in [-0.2, 0) is 16.4 Å². The van der Waals surface area contributed by atoms with Crippen molar-refractivity contribution in [3.63, 3.8) is 0 Å². The fraction of sp³-hybridized carbons (Fsp3) is 0.100. The molecule has 4 nitrogen and oxygen atoms in total. The third-order valence-electron chi connectivity index (χ3n) is 4.45. The summed E-state index contributed by atoms with van der Waals surface area (Å²) in [7, 11) is -3.65. The van der Waals surface area contributed by atoms with Crippen molar-refractivity contribution in [2.45, 2.75) is 16.3 Å². The first kappa shape index (κ1) is 15.9. The van der Waals surface area contributed by atoms with Crippen molar-refractivity contribution in [2.75, 3.05) is 6.54 Å². The van der Waals surface area contributed by atoms with Crippen LogP contribution < -0.4 is 5.73 Å². The van der Waals surface area contributed by atoms with Gasteiger partial charge in [0.15, 0.2) is 0 Å². The molecule has 5 heteroatoms. The Bertz CT molecular complexity index is 1170. The second-order valence-electron chi connectivity index (χ2n) is 5.97. The maximum Gasteiger partial charge on any atom is 0.209 e. The lowest BCUT2D eigenvalue weighted by Crippen LogP contribution is -2.09. The predicted octanol–water partition coefficient (Wildman–Crippen LogP) is 3.59. The van der Waals surface area contributed by atoms with E-state index < -0.39 is 9.84 Å². The predicted molar refractivity (Wildman–Crippen MR) is 100 cm³/mol. The molecule has 25 heavy (non-hydrogen) atoms. The molecule has 0 saturated carbocycles. The van der Waals surface area contributed by atoms with Crippen LogP contribution in [0.4, 0.5) is 0 Å². The highest BCUT2D eigenvalue weighted by Crippen LogP contribution is 2.33. The number of nitrogens with two attached hydrogens (primary N) is 1. The van der Waals surface area contributed by atoms with Gasteiger partial charge in [-0.05, 0) is 17.5 Å².